The van der Waals surface area contributed by atoms with Gasteiger partial charge in [0.15, 0.2) is 14.4 Å². The summed E-state index contributed by atoms with van der Waals surface area (Å²) in [6, 6.07) is 0. The van der Waals surface area contributed by atoms with Gasteiger partial charge in [0, 0.05) is 20.0 Å². The molecule has 5 atom stereocenters. The Bertz CT molecular complexity index is 1030. The summed E-state index contributed by atoms with van der Waals surface area (Å²) in [6.45, 7) is 14.1. The molecule has 35 heavy (non-hydrogen) atoms. The first kappa shape index (κ1) is 29.0. The number of nitrogens with zero attached hydrogens (tertiary/aromatic N) is 1. The zero-order valence-corrected chi connectivity index (χ0v) is 22.7. The van der Waals surface area contributed by atoms with Gasteiger partial charge >= 0.3 is 17.6 Å². The molecule has 0 spiro atoms. The second-order valence-electron chi connectivity index (χ2n) is 10.4. The first-order valence-electron chi connectivity index (χ1n) is 11.7. The highest BCUT2D eigenvalue weighted by atomic mass is 28.4. The number of ether oxygens (including phenoxy) is 3. The van der Waals surface area contributed by atoms with Gasteiger partial charge in [-0.2, -0.15) is 0 Å². The Labute approximate surface area is 205 Å². The Morgan fingerprint density at radius 3 is 2.37 bits per heavy atom. The van der Waals surface area contributed by atoms with E-state index in [0.29, 0.717) is 6.42 Å². The van der Waals surface area contributed by atoms with Crippen LogP contribution < -0.4 is 11.2 Å². The fourth-order valence-electron chi connectivity index (χ4n) is 3.63. The van der Waals surface area contributed by atoms with Gasteiger partial charge in [0.05, 0.1) is 18.2 Å². The van der Waals surface area contributed by atoms with Crippen molar-refractivity contribution in [2.75, 3.05) is 6.61 Å². The molecule has 0 radical (unpaired) electrons. The van der Waals surface area contributed by atoms with Crippen molar-refractivity contribution in [2.24, 2.45) is 0 Å². The molecule has 0 saturated carbocycles. The molecule has 0 aliphatic carbocycles. The summed E-state index contributed by atoms with van der Waals surface area (Å²) in [5.74, 6) is -1.18. The van der Waals surface area contributed by atoms with Crippen molar-refractivity contribution in [2.45, 2.75) is 103 Å². The second-order valence-corrected chi connectivity index (χ2v) is 15.1. The summed E-state index contributed by atoms with van der Waals surface area (Å²) in [5.41, 5.74) is -1.28. The maximum Gasteiger partial charge on any atom is 0.328 e. The molecule has 0 amide bonds. The van der Waals surface area contributed by atoms with Crippen LogP contribution in [0.15, 0.2) is 15.8 Å². The zero-order chi connectivity index (χ0) is 26.7. The zero-order valence-electron chi connectivity index (χ0n) is 21.7. The van der Waals surface area contributed by atoms with Crippen LogP contribution in [0, 0.1) is 0 Å². The molecule has 1 saturated heterocycles. The number of hydrogen-bond donors (Lipinski definition) is 2. The van der Waals surface area contributed by atoms with Crippen LogP contribution in [-0.4, -0.2) is 65.9 Å². The first-order valence-corrected chi connectivity index (χ1v) is 14.6. The predicted molar refractivity (Wildman–Crippen MR) is 129 cm³/mol. The van der Waals surface area contributed by atoms with E-state index in [1.807, 2.05) is 20.0 Å². The van der Waals surface area contributed by atoms with Crippen LogP contribution in [0.2, 0.25) is 18.1 Å². The van der Waals surface area contributed by atoms with Crippen LogP contribution in [0.4, 0.5) is 0 Å². The Hall–Kier alpha value is -2.28. The lowest BCUT2D eigenvalue weighted by Gasteiger charge is -2.40. The number of aliphatic hydroxyl groups excluding tert-OH is 1. The lowest BCUT2D eigenvalue weighted by molar-refractivity contribution is -0.157. The highest BCUT2D eigenvalue weighted by Gasteiger charge is 2.50. The number of aliphatic hydroxyl groups is 1. The van der Waals surface area contributed by atoms with E-state index in [2.05, 4.69) is 25.8 Å². The van der Waals surface area contributed by atoms with Crippen LogP contribution in [0.3, 0.4) is 0 Å². The van der Waals surface area contributed by atoms with Gasteiger partial charge in [-0.3, -0.25) is 23.9 Å². The van der Waals surface area contributed by atoms with Crippen molar-refractivity contribution in [3.05, 3.63) is 32.6 Å². The second kappa shape index (κ2) is 11.2. The van der Waals surface area contributed by atoms with Crippen LogP contribution in [0.25, 0.3) is 0 Å². The van der Waals surface area contributed by atoms with Crippen LogP contribution >= 0.6 is 0 Å². The van der Waals surface area contributed by atoms with Gasteiger partial charge in [-0.15, -0.1) is 0 Å². The van der Waals surface area contributed by atoms with Gasteiger partial charge in [-0.25, -0.2) is 4.79 Å². The molecule has 11 nitrogen and oxygen atoms in total. The molecule has 1 aromatic heterocycles. The third-order valence-corrected chi connectivity index (χ3v) is 11.0. The van der Waals surface area contributed by atoms with E-state index in [4.69, 9.17) is 18.6 Å². The number of carbonyl (C=O) groups excluding carboxylic acids is 2. The Morgan fingerprint density at radius 1 is 1.23 bits per heavy atom. The molecule has 12 heteroatoms. The molecule has 2 rings (SSSR count). The summed E-state index contributed by atoms with van der Waals surface area (Å²) >= 11 is 0. The topological polar surface area (TPSA) is 146 Å². The number of esters is 2. The van der Waals surface area contributed by atoms with E-state index in [0.717, 1.165) is 4.57 Å². The Kier molecular flexibility index (Phi) is 9.25. The number of carbonyl (C=O) groups is 2. The molecule has 1 aliphatic heterocycles. The molecule has 0 bridgehead atoms. The largest absolute Gasteiger partial charge is 0.462 e. The average molecular weight is 515 g/mol. The number of nitrogens with one attached hydrogen (secondary N) is 1. The molecular weight excluding hydrogens is 476 g/mol. The molecule has 2 unspecified atom stereocenters. The van der Waals surface area contributed by atoms with Crippen LogP contribution in [-0.2, 0) is 34.8 Å². The Morgan fingerprint density at radius 2 is 1.86 bits per heavy atom. The molecule has 1 aliphatic rings. The van der Waals surface area contributed by atoms with Crippen molar-refractivity contribution in [3.63, 3.8) is 0 Å². The van der Waals surface area contributed by atoms with Gasteiger partial charge in [0.25, 0.3) is 5.56 Å². The van der Waals surface area contributed by atoms with E-state index in [-0.39, 0.29) is 23.8 Å². The van der Waals surface area contributed by atoms with Gasteiger partial charge in [0.2, 0.25) is 0 Å². The van der Waals surface area contributed by atoms with E-state index < -0.39 is 62.0 Å². The summed E-state index contributed by atoms with van der Waals surface area (Å²) in [5, 5.41) is 10.8. The predicted octanol–water partition coefficient (Wildman–Crippen LogP) is 1.63. The van der Waals surface area contributed by atoms with E-state index in [1.54, 1.807) is 0 Å². The summed E-state index contributed by atoms with van der Waals surface area (Å²) in [6.07, 6.45) is -2.36. The fourth-order valence-corrected chi connectivity index (χ4v) is 4.92. The molecular formula is C23H38N2O9Si. The minimum atomic E-state index is -2.36. The molecule has 0 aromatic carbocycles. The molecule has 2 N–H and O–H groups in total. The summed E-state index contributed by atoms with van der Waals surface area (Å²) in [7, 11) is -2.36. The SMILES string of the molecule is CC[C@H]1O[C@@H](c2cn(CC(COC(C)=O)OC(C)=O)c(=O)[nH]c2=O)C(O[Si](C)(C)C(C)(C)C)[C@H]1O. The standard InChI is InChI=1S/C23H38N2O9Si/c1-9-17-18(28)20(34-35(7,8)23(4,5)6)19(33-17)16-11-25(22(30)24-21(16)29)10-15(32-14(3)27)12-31-13(2)26/h11,15,17-20,28H,9-10,12H2,1-8H3,(H,24,29,30)/t15?,17-,18+,19+,20?/m1/s1. The lowest BCUT2D eigenvalue weighted by Crippen LogP contribution is -2.48. The summed E-state index contributed by atoms with van der Waals surface area (Å²) < 4.78 is 23.8. The number of aromatic nitrogens is 2. The van der Waals surface area contributed by atoms with Gasteiger partial charge < -0.3 is 23.7 Å². The molecule has 1 fully saturated rings. The smallest absolute Gasteiger partial charge is 0.328 e. The maximum absolute atomic E-state index is 12.8. The van der Waals surface area contributed by atoms with Crippen molar-refractivity contribution in [3.8, 4) is 0 Å². The third-order valence-electron chi connectivity index (χ3n) is 6.53. The first-order chi connectivity index (χ1) is 16.1. The van der Waals surface area contributed by atoms with Crippen LogP contribution in [0.5, 0.6) is 0 Å². The minimum Gasteiger partial charge on any atom is -0.462 e. The highest BCUT2D eigenvalue weighted by Crippen LogP contribution is 2.43. The fraction of sp³-hybridized carbons (Fsp3) is 0.739. The van der Waals surface area contributed by atoms with E-state index in [1.165, 1.54) is 20.0 Å². The Balaban J connectivity index is 2.46. The monoisotopic (exact) mass is 514 g/mol. The van der Waals surface area contributed by atoms with Crippen LogP contribution in [0.1, 0.15) is 59.6 Å². The molecule has 1 aromatic rings. The van der Waals surface area contributed by atoms with E-state index >= 15 is 0 Å². The minimum absolute atomic E-state index is 0.109. The summed E-state index contributed by atoms with van der Waals surface area (Å²) in [4.78, 5) is 50.3. The van der Waals surface area contributed by atoms with Crippen molar-refractivity contribution in [1.82, 2.24) is 9.55 Å². The number of hydrogen-bond acceptors (Lipinski definition) is 9. The maximum atomic E-state index is 12.8. The van der Waals surface area contributed by atoms with Gasteiger partial charge in [-0.1, -0.05) is 27.7 Å². The van der Waals surface area contributed by atoms with Gasteiger partial charge in [-0.05, 0) is 24.6 Å². The number of aromatic amines is 1. The number of H-pyrrole nitrogens is 1. The molecule has 198 valence electrons. The van der Waals surface area contributed by atoms with Crippen molar-refractivity contribution >= 4 is 20.3 Å². The van der Waals surface area contributed by atoms with E-state index in [9.17, 15) is 24.3 Å². The van der Waals surface area contributed by atoms with Gasteiger partial charge in [0.1, 0.15) is 24.9 Å². The third kappa shape index (κ3) is 7.12. The quantitative estimate of drug-likeness (QED) is 0.371. The molecule has 2 heterocycles. The number of rotatable bonds is 9. The highest BCUT2D eigenvalue weighted by molar-refractivity contribution is 6.74. The van der Waals surface area contributed by atoms with Crippen molar-refractivity contribution < 1.29 is 33.3 Å². The average Bonchev–Trinajstić information content (AvgIpc) is 3.01. The normalized spacial score (nSPS) is 23.7. The van der Waals surface area contributed by atoms with Crippen molar-refractivity contribution in [1.29, 1.82) is 0 Å². The lowest BCUT2D eigenvalue weighted by atomic mass is 10.0.